The second kappa shape index (κ2) is 12.5. The summed E-state index contributed by atoms with van der Waals surface area (Å²) in [7, 11) is 1.72. The zero-order valence-electron chi connectivity index (χ0n) is 21.8. The Kier molecular flexibility index (Phi) is 9.66. The minimum absolute atomic E-state index is 0.173. The van der Waals surface area contributed by atoms with Crippen LogP contribution in [0, 0.1) is 23.7 Å². The van der Waals surface area contributed by atoms with Gasteiger partial charge >= 0.3 is 12.1 Å². The summed E-state index contributed by atoms with van der Waals surface area (Å²) < 4.78 is 22.3. The molecule has 0 spiro atoms. The Labute approximate surface area is 209 Å². The SMILES string of the molecule is COCCCN1CCOc2ccc(C[C@@H](C[C@H](OC(N)=O)[C@@H]3C[C@@H](C(C)C)C(=O)O3)C(C)C)cc21. The summed E-state index contributed by atoms with van der Waals surface area (Å²) in [5.41, 5.74) is 7.72. The number of cyclic esters (lactones) is 1. The second-order valence-electron chi connectivity index (χ2n) is 10.5. The fraction of sp³-hybridized carbons (Fsp3) is 0.704. The van der Waals surface area contributed by atoms with E-state index in [0.717, 1.165) is 44.0 Å². The molecule has 0 unspecified atom stereocenters. The van der Waals surface area contributed by atoms with E-state index in [9.17, 15) is 9.59 Å². The normalized spacial score (nSPS) is 21.5. The zero-order chi connectivity index (χ0) is 25.5. The Bertz CT molecular complexity index is 858. The maximum absolute atomic E-state index is 12.4. The first-order chi connectivity index (χ1) is 16.7. The van der Waals surface area contributed by atoms with Gasteiger partial charge in [-0.05, 0) is 54.7 Å². The molecule has 2 aliphatic heterocycles. The smallest absolute Gasteiger partial charge is 0.404 e. The van der Waals surface area contributed by atoms with Gasteiger partial charge in [-0.15, -0.1) is 0 Å². The molecule has 35 heavy (non-hydrogen) atoms. The average Bonchev–Trinajstić information content (AvgIpc) is 3.20. The number of hydrogen-bond donors (Lipinski definition) is 1. The minimum atomic E-state index is -0.834. The Morgan fingerprint density at radius 1 is 1.26 bits per heavy atom. The standard InChI is InChI=1S/C27H42N2O6/c1-17(2)20(15-24(35-27(28)31)25-16-21(18(3)4)26(30)34-25)13-19-7-8-23-22(14-19)29(10-12-33-23)9-6-11-32-5/h7-8,14,17-18,20-21,24-25H,6,9-13,15-16H2,1-5H3,(H2,28,31)/t20-,21-,24-,25-/m0/s1. The van der Waals surface area contributed by atoms with Crippen LogP contribution in [0.4, 0.5) is 10.5 Å². The van der Waals surface area contributed by atoms with Crippen molar-refractivity contribution in [3.8, 4) is 5.75 Å². The Hall–Kier alpha value is -2.48. The highest BCUT2D eigenvalue weighted by molar-refractivity contribution is 5.75. The summed E-state index contributed by atoms with van der Waals surface area (Å²) in [5, 5.41) is 0. The predicted molar refractivity (Wildman–Crippen MR) is 135 cm³/mol. The van der Waals surface area contributed by atoms with Gasteiger partial charge in [-0.2, -0.15) is 0 Å². The molecule has 2 N–H and O–H groups in total. The number of methoxy groups -OCH3 is 1. The fourth-order valence-electron chi connectivity index (χ4n) is 5.10. The first-order valence-corrected chi connectivity index (χ1v) is 12.9. The predicted octanol–water partition coefficient (Wildman–Crippen LogP) is 4.18. The molecule has 1 fully saturated rings. The summed E-state index contributed by atoms with van der Waals surface area (Å²) in [6.07, 6.45) is 1.04. The van der Waals surface area contributed by atoms with Gasteiger partial charge in [0.1, 0.15) is 24.6 Å². The zero-order valence-corrected chi connectivity index (χ0v) is 21.8. The molecule has 3 rings (SSSR count). The van der Waals surface area contributed by atoms with Crippen LogP contribution in [0.3, 0.4) is 0 Å². The van der Waals surface area contributed by atoms with Crippen LogP contribution in [-0.4, -0.2) is 57.7 Å². The number of esters is 1. The van der Waals surface area contributed by atoms with Crippen LogP contribution in [0.2, 0.25) is 0 Å². The van der Waals surface area contributed by atoms with Crippen molar-refractivity contribution < 1.29 is 28.5 Å². The van der Waals surface area contributed by atoms with E-state index in [1.165, 1.54) is 5.56 Å². The number of amides is 1. The number of benzene rings is 1. The second-order valence-corrected chi connectivity index (χ2v) is 10.5. The van der Waals surface area contributed by atoms with Gasteiger partial charge in [-0.25, -0.2) is 4.79 Å². The number of ether oxygens (including phenoxy) is 4. The van der Waals surface area contributed by atoms with Crippen molar-refractivity contribution in [3.63, 3.8) is 0 Å². The molecular weight excluding hydrogens is 448 g/mol. The first kappa shape index (κ1) is 27.1. The Morgan fingerprint density at radius 2 is 2.03 bits per heavy atom. The van der Waals surface area contributed by atoms with Crippen molar-refractivity contribution in [1.29, 1.82) is 0 Å². The van der Waals surface area contributed by atoms with Gasteiger partial charge in [0.15, 0.2) is 0 Å². The van der Waals surface area contributed by atoms with Gasteiger partial charge in [0, 0.05) is 26.7 Å². The third-order valence-corrected chi connectivity index (χ3v) is 7.28. The monoisotopic (exact) mass is 490 g/mol. The Balaban J connectivity index is 1.74. The van der Waals surface area contributed by atoms with Crippen molar-refractivity contribution in [2.24, 2.45) is 29.4 Å². The lowest BCUT2D eigenvalue weighted by molar-refractivity contribution is -0.149. The Morgan fingerprint density at radius 3 is 2.66 bits per heavy atom. The maximum Gasteiger partial charge on any atom is 0.404 e. The summed E-state index contributed by atoms with van der Waals surface area (Å²) in [6.45, 7) is 11.5. The van der Waals surface area contributed by atoms with Crippen LogP contribution >= 0.6 is 0 Å². The van der Waals surface area contributed by atoms with Crippen molar-refractivity contribution in [1.82, 2.24) is 0 Å². The number of nitrogens with zero attached hydrogens (tertiary/aromatic N) is 1. The largest absolute Gasteiger partial charge is 0.490 e. The number of fused-ring (bicyclic) bond motifs is 1. The molecule has 0 bridgehead atoms. The fourth-order valence-corrected chi connectivity index (χ4v) is 5.10. The topological polar surface area (TPSA) is 100 Å². The molecule has 8 heteroatoms. The van der Waals surface area contributed by atoms with Gasteiger partial charge in [0.05, 0.1) is 18.2 Å². The number of carbonyl (C=O) groups excluding carboxylic acids is 2. The van der Waals surface area contributed by atoms with Gasteiger partial charge in [0.25, 0.3) is 0 Å². The number of primary amides is 1. The molecular formula is C27H42N2O6. The quantitative estimate of drug-likeness (QED) is 0.346. The molecule has 1 aromatic rings. The molecule has 1 aromatic carbocycles. The average molecular weight is 491 g/mol. The lowest BCUT2D eigenvalue weighted by atomic mass is 9.82. The van der Waals surface area contributed by atoms with Crippen LogP contribution in [0.15, 0.2) is 18.2 Å². The van der Waals surface area contributed by atoms with Crippen LogP contribution in [-0.2, 0) is 25.4 Å². The van der Waals surface area contributed by atoms with Crippen molar-refractivity contribution in [3.05, 3.63) is 23.8 Å². The lowest BCUT2D eigenvalue weighted by Crippen LogP contribution is -2.36. The van der Waals surface area contributed by atoms with Crippen molar-refractivity contribution in [2.75, 3.05) is 38.3 Å². The highest BCUT2D eigenvalue weighted by Crippen LogP contribution is 2.36. The van der Waals surface area contributed by atoms with Gasteiger partial charge in [0.2, 0.25) is 0 Å². The van der Waals surface area contributed by atoms with E-state index in [1.54, 1.807) is 7.11 Å². The number of rotatable bonds is 12. The highest BCUT2D eigenvalue weighted by atomic mass is 16.6. The molecule has 4 atom stereocenters. The van der Waals surface area contributed by atoms with E-state index in [0.29, 0.717) is 25.4 Å². The van der Waals surface area contributed by atoms with E-state index in [-0.39, 0.29) is 23.7 Å². The number of hydrogen-bond acceptors (Lipinski definition) is 7. The summed E-state index contributed by atoms with van der Waals surface area (Å²) in [5.74, 6) is 1.23. The highest BCUT2D eigenvalue weighted by Gasteiger charge is 2.42. The number of carbonyl (C=O) groups is 2. The molecule has 2 aliphatic rings. The maximum atomic E-state index is 12.4. The molecule has 1 saturated heterocycles. The molecule has 0 aliphatic carbocycles. The van der Waals surface area contributed by atoms with Crippen molar-refractivity contribution >= 4 is 17.7 Å². The third-order valence-electron chi connectivity index (χ3n) is 7.28. The van der Waals surface area contributed by atoms with E-state index in [4.69, 9.17) is 24.7 Å². The molecule has 0 radical (unpaired) electrons. The summed E-state index contributed by atoms with van der Waals surface area (Å²) >= 11 is 0. The molecule has 0 saturated carbocycles. The van der Waals surface area contributed by atoms with Crippen molar-refractivity contribution in [2.45, 2.75) is 65.6 Å². The van der Waals surface area contributed by atoms with Crippen LogP contribution in [0.1, 0.15) is 52.5 Å². The van der Waals surface area contributed by atoms with E-state index >= 15 is 0 Å². The van der Waals surface area contributed by atoms with E-state index in [2.05, 4.69) is 30.9 Å². The van der Waals surface area contributed by atoms with Gasteiger partial charge in [-0.1, -0.05) is 33.8 Å². The molecule has 0 aromatic heterocycles. The number of anilines is 1. The molecule has 1 amide bonds. The first-order valence-electron chi connectivity index (χ1n) is 12.9. The molecule has 8 nitrogen and oxygen atoms in total. The molecule has 196 valence electrons. The lowest BCUT2D eigenvalue weighted by Gasteiger charge is -2.32. The molecule has 2 heterocycles. The van der Waals surface area contributed by atoms with Crippen LogP contribution < -0.4 is 15.4 Å². The summed E-state index contributed by atoms with van der Waals surface area (Å²) in [4.78, 5) is 26.4. The van der Waals surface area contributed by atoms with E-state index in [1.807, 2.05) is 19.9 Å². The van der Waals surface area contributed by atoms with Crippen LogP contribution in [0.5, 0.6) is 5.75 Å². The van der Waals surface area contributed by atoms with Gasteiger partial charge in [-0.3, -0.25) is 4.79 Å². The van der Waals surface area contributed by atoms with E-state index < -0.39 is 18.3 Å². The van der Waals surface area contributed by atoms with Gasteiger partial charge < -0.3 is 29.6 Å². The minimum Gasteiger partial charge on any atom is -0.490 e. The van der Waals surface area contributed by atoms with Crippen LogP contribution in [0.25, 0.3) is 0 Å². The number of nitrogens with two attached hydrogens (primary N) is 1. The summed E-state index contributed by atoms with van der Waals surface area (Å²) in [6, 6.07) is 6.38. The third kappa shape index (κ3) is 7.26.